The van der Waals surface area contributed by atoms with Gasteiger partial charge in [0.1, 0.15) is 31.5 Å². The van der Waals surface area contributed by atoms with Crippen molar-refractivity contribution in [2.75, 3.05) is 13.2 Å². The average Bonchev–Trinajstić information content (AvgIpc) is 2.87. The highest BCUT2D eigenvalue weighted by Gasteiger charge is 2.57. The molecule has 17 nitrogen and oxygen atoms in total. The van der Waals surface area contributed by atoms with Gasteiger partial charge >= 0.3 is 41.8 Å². The Hall–Kier alpha value is -3.35. The third kappa shape index (κ3) is 11.0. The topological polar surface area (TPSA) is 212 Å². The Morgan fingerprint density at radius 2 is 0.841 bits per heavy atom. The van der Waals surface area contributed by atoms with Crippen molar-refractivity contribution in [1.82, 2.24) is 0 Å². The molecule has 2 heterocycles. The molecule has 2 aliphatic heterocycles. The Morgan fingerprint density at radius 3 is 1.27 bits per heavy atom. The number of halogens is 1. The molecule has 0 aliphatic carbocycles. The second-order valence-electron chi connectivity index (χ2n) is 9.64. The maximum Gasteiger partial charge on any atom is 0.303 e. The zero-order valence-electron chi connectivity index (χ0n) is 25.0. The van der Waals surface area contributed by atoms with Crippen molar-refractivity contribution < 1.29 is 80.9 Å². The molecule has 0 spiro atoms. The molecule has 44 heavy (non-hydrogen) atoms. The molecule has 0 N–H and O–H groups in total. The lowest BCUT2D eigenvalue weighted by atomic mass is 9.96. The molecule has 0 saturated carbocycles. The molecule has 18 heteroatoms. The van der Waals surface area contributed by atoms with Crippen molar-refractivity contribution in [1.29, 1.82) is 0 Å². The van der Waals surface area contributed by atoms with Crippen LogP contribution in [-0.2, 0) is 80.9 Å². The van der Waals surface area contributed by atoms with E-state index in [4.69, 9.17) is 47.4 Å². The minimum atomic E-state index is -1.73. The number of alkyl halides is 1. The van der Waals surface area contributed by atoms with Crippen molar-refractivity contribution in [3.05, 3.63) is 0 Å². The number of rotatable bonds is 11. The summed E-state index contributed by atoms with van der Waals surface area (Å²) in [4.78, 5) is 83.8. The first-order valence-corrected chi connectivity index (χ1v) is 14.1. The van der Waals surface area contributed by atoms with Crippen LogP contribution in [0.15, 0.2) is 0 Å². The van der Waals surface area contributed by atoms with Gasteiger partial charge in [-0.05, 0) is 0 Å². The fraction of sp³-hybridized carbons (Fsp3) is 0.731. The third-order valence-corrected chi connectivity index (χ3v) is 6.61. The van der Waals surface area contributed by atoms with Crippen molar-refractivity contribution >= 4 is 57.7 Å². The molecule has 10 atom stereocenters. The fourth-order valence-electron chi connectivity index (χ4n) is 4.46. The summed E-state index contributed by atoms with van der Waals surface area (Å²) < 4.78 is 55.2. The van der Waals surface area contributed by atoms with Crippen LogP contribution < -0.4 is 0 Å². The molecule has 2 rings (SSSR count). The smallest absolute Gasteiger partial charge is 0.303 e. The molecule has 0 aromatic rings. The van der Waals surface area contributed by atoms with E-state index in [-0.39, 0.29) is 0 Å². The number of esters is 7. The molecule has 0 aromatic carbocycles. The molecule has 0 bridgehead atoms. The van der Waals surface area contributed by atoms with Crippen LogP contribution in [0.1, 0.15) is 48.5 Å². The Morgan fingerprint density at radius 1 is 0.477 bits per heavy atom. The van der Waals surface area contributed by atoms with Crippen LogP contribution in [0.25, 0.3) is 0 Å². The summed E-state index contributed by atoms with van der Waals surface area (Å²) in [6, 6.07) is 0. The predicted molar refractivity (Wildman–Crippen MR) is 142 cm³/mol. The molecule has 0 aromatic heterocycles. The first kappa shape index (κ1) is 36.8. The average molecular weight is 699 g/mol. The summed E-state index contributed by atoms with van der Waals surface area (Å²) in [5, 5.41) is -1.09. The van der Waals surface area contributed by atoms with Crippen LogP contribution in [0.4, 0.5) is 0 Å². The van der Waals surface area contributed by atoms with Gasteiger partial charge in [-0.15, -0.1) is 0 Å². The van der Waals surface area contributed by atoms with Gasteiger partial charge in [-0.3, -0.25) is 33.6 Å². The standard InChI is InChI=1S/C26H35BrO17/c1-10(28)35-8-17-20(21(38-13(4)31)23(25(27)42-17)40-15(6)33)44-26-24(41-16(7)34)22(39-14(5)32)19(37-12(3)30)18(43-26)9-36-11(2)29/h17-26H,8-9H2,1-7H3/t17-,18-,19-,20+,21+,22+,23-,24-,25-,26+/m0/s1. The normalized spacial score (nSPS) is 31.5. The number of carbonyl (C=O) groups excluding carboxylic acids is 7. The van der Waals surface area contributed by atoms with Crippen molar-refractivity contribution in [3.8, 4) is 0 Å². The van der Waals surface area contributed by atoms with Gasteiger partial charge in [0.25, 0.3) is 0 Å². The number of carbonyl (C=O) groups is 7. The second-order valence-corrected chi connectivity index (χ2v) is 10.5. The lowest BCUT2D eigenvalue weighted by Gasteiger charge is -2.48. The van der Waals surface area contributed by atoms with Gasteiger partial charge in [-0.25, -0.2) is 0 Å². The summed E-state index contributed by atoms with van der Waals surface area (Å²) in [6.07, 6.45) is -13.2. The van der Waals surface area contributed by atoms with Crippen LogP contribution >= 0.6 is 15.9 Å². The van der Waals surface area contributed by atoms with E-state index in [0.29, 0.717) is 0 Å². The highest BCUT2D eigenvalue weighted by atomic mass is 79.9. The maximum atomic E-state index is 12.2. The molecule has 2 fully saturated rings. The van der Waals surface area contributed by atoms with E-state index in [1.807, 2.05) is 0 Å². The van der Waals surface area contributed by atoms with Crippen LogP contribution in [-0.4, -0.2) is 115 Å². The summed E-state index contributed by atoms with van der Waals surface area (Å²) in [5.74, 6) is -5.63. The zero-order valence-corrected chi connectivity index (χ0v) is 26.6. The summed E-state index contributed by atoms with van der Waals surface area (Å²) in [7, 11) is 0. The number of hydrogen-bond donors (Lipinski definition) is 0. The molecule has 0 amide bonds. The first-order valence-electron chi connectivity index (χ1n) is 13.2. The van der Waals surface area contributed by atoms with Crippen molar-refractivity contribution in [2.24, 2.45) is 0 Å². The minimum Gasteiger partial charge on any atom is -0.463 e. The fourth-order valence-corrected chi connectivity index (χ4v) is 5.15. The van der Waals surface area contributed by atoms with Gasteiger partial charge in [0.2, 0.25) is 0 Å². The largest absolute Gasteiger partial charge is 0.463 e. The van der Waals surface area contributed by atoms with Gasteiger partial charge in [0.05, 0.1) is 0 Å². The highest BCUT2D eigenvalue weighted by Crippen LogP contribution is 2.36. The molecule has 0 unspecified atom stereocenters. The molecule has 248 valence electrons. The first-order chi connectivity index (χ1) is 20.5. The lowest BCUT2D eigenvalue weighted by molar-refractivity contribution is -0.341. The van der Waals surface area contributed by atoms with Crippen LogP contribution in [0.3, 0.4) is 0 Å². The lowest BCUT2D eigenvalue weighted by Crippen LogP contribution is -2.66. The molecule has 0 radical (unpaired) electrons. The van der Waals surface area contributed by atoms with E-state index in [1.165, 1.54) is 0 Å². The van der Waals surface area contributed by atoms with Gasteiger partial charge in [-0.2, -0.15) is 0 Å². The maximum absolute atomic E-state index is 12.2. The summed E-state index contributed by atoms with van der Waals surface area (Å²) >= 11 is 3.23. The van der Waals surface area contributed by atoms with Gasteiger partial charge in [-0.1, -0.05) is 15.9 Å². The van der Waals surface area contributed by atoms with E-state index in [2.05, 4.69) is 15.9 Å². The van der Waals surface area contributed by atoms with E-state index in [0.717, 1.165) is 48.5 Å². The van der Waals surface area contributed by atoms with E-state index in [9.17, 15) is 33.6 Å². The van der Waals surface area contributed by atoms with Gasteiger partial charge < -0.3 is 47.4 Å². The van der Waals surface area contributed by atoms with E-state index in [1.54, 1.807) is 0 Å². The molecule has 2 saturated heterocycles. The monoisotopic (exact) mass is 698 g/mol. The minimum absolute atomic E-state index is 0.460. The SMILES string of the molecule is CC(=O)OC[C@@H]1O[C@H](O[C@H]2[C@@H](OC(C)=O)[C@H](OC(C)=O)[C@@H](Br)O[C@H]2COC(C)=O)[C@@H](OC(C)=O)[C@H](OC(C)=O)[C@H]1OC(C)=O. The van der Waals surface area contributed by atoms with Gasteiger partial charge in [0, 0.05) is 48.5 Å². The zero-order chi connectivity index (χ0) is 33.3. The van der Waals surface area contributed by atoms with Crippen molar-refractivity contribution in [2.45, 2.75) is 109 Å². The van der Waals surface area contributed by atoms with E-state index >= 15 is 0 Å². The predicted octanol–water partition coefficient (Wildman–Crippen LogP) is 0.00100. The van der Waals surface area contributed by atoms with Crippen LogP contribution in [0.5, 0.6) is 0 Å². The number of hydrogen-bond acceptors (Lipinski definition) is 17. The van der Waals surface area contributed by atoms with Crippen LogP contribution in [0, 0.1) is 0 Å². The summed E-state index contributed by atoms with van der Waals surface area (Å²) in [5.41, 5.74) is 0. The summed E-state index contributed by atoms with van der Waals surface area (Å²) in [6.45, 7) is 6.57. The Bertz CT molecular complexity index is 1090. The Labute approximate surface area is 260 Å². The quantitative estimate of drug-likeness (QED) is 0.158. The number of ether oxygens (including phenoxy) is 10. The van der Waals surface area contributed by atoms with Crippen LogP contribution in [0.2, 0.25) is 0 Å². The van der Waals surface area contributed by atoms with Crippen molar-refractivity contribution in [3.63, 3.8) is 0 Å². The highest BCUT2D eigenvalue weighted by molar-refractivity contribution is 9.09. The van der Waals surface area contributed by atoms with Gasteiger partial charge in [0.15, 0.2) is 41.8 Å². The molecular weight excluding hydrogens is 664 g/mol. The Kier molecular flexibility index (Phi) is 13.9. The Balaban J connectivity index is 2.66. The van der Waals surface area contributed by atoms with E-state index < -0.39 is 115 Å². The molecular formula is C26H35BrO17. The molecule has 2 aliphatic rings. The third-order valence-electron chi connectivity index (χ3n) is 5.87. The second kappa shape index (κ2) is 16.6.